The summed E-state index contributed by atoms with van der Waals surface area (Å²) in [7, 11) is 1.91. The molecule has 1 unspecified atom stereocenters. The zero-order valence-electron chi connectivity index (χ0n) is 11.8. The van der Waals surface area contributed by atoms with Crippen LogP contribution in [0.3, 0.4) is 0 Å². The van der Waals surface area contributed by atoms with Gasteiger partial charge in [-0.15, -0.1) is 0 Å². The summed E-state index contributed by atoms with van der Waals surface area (Å²) in [5.74, 6) is 0.861. The van der Waals surface area contributed by atoms with Crippen molar-refractivity contribution in [2.24, 2.45) is 12.8 Å². The highest BCUT2D eigenvalue weighted by molar-refractivity contribution is 5.41. The first-order valence-electron chi connectivity index (χ1n) is 6.61. The Balaban J connectivity index is 2.32. The molecule has 1 atom stereocenters. The summed E-state index contributed by atoms with van der Waals surface area (Å²) in [4.78, 5) is 0. The summed E-state index contributed by atoms with van der Waals surface area (Å²) in [5, 5.41) is 4.35. The Hall–Kier alpha value is -1.81. The molecule has 2 N–H and O–H groups in total. The van der Waals surface area contributed by atoms with E-state index in [0.29, 0.717) is 6.61 Å². The van der Waals surface area contributed by atoms with E-state index in [1.807, 2.05) is 44.4 Å². The summed E-state index contributed by atoms with van der Waals surface area (Å²) in [5.41, 5.74) is 9.37. The van der Waals surface area contributed by atoms with Crippen LogP contribution in [0.1, 0.15) is 36.2 Å². The number of hydrogen-bond acceptors (Lipinski definition) is 3. The monoisotopic (exact) mass is 259 g/mol. The van der Waals surface area contributed by atoms with Crippen LogP contribution >= 0.6 is 0 Å². The second kappa shape index (κ2) is 5.89. The topological polar surface area (TPSA) is 53.1 Å². The zero-order valence-corrected chi connectivity index (χ0v) is 11.8. The molecule has 0 bridgehead atoms. The molecule has 0 aliphatic rings. The molecule has 0 amide bonds. The van der Waals surface area contributed by atoms with E-state index in [-0.39, 0.29) is 6.04 Å². The highest BCUT2D eigenvalue weighted by Gasteiger charge is 2.17. The molecule has 1 aromatic heterocycles. The third kappa shape index (κ3) is 2.96. The molecule has 0 radical (unpaired) electrons. The van der Waals surface area contributed by atoms with Gasteiger partial charge in [-0.2, -0.15) is 5.10 Å². The largest absolute Gasteiger partial charge is 0.493 e. The van der Waals surface area contributed by atoms with Gasteiger partial charge in [0, 0.05) is 24.4 Å². The van der Waals surface area contributed by atoms with E-state index in [1.165, 1.54) is 0 Å². The SMILES string of the molecule is CCCOc1ccccc1C(N)c1cn(C)nc1C. The van der Waals surface area contributed by atoms with Gasteiger partial charge in [0.1, 0.15) is 5.75 Å². The number of hydrogen-bond donors (Lipinski definition) is 1. The minimum Gasteiger partial charge on any atom is -0.493 e. The van der Waals surface area contributed by atoms with E-state index in [1.54, 1.807) is 4.68 Å². The van der Waals surface area contributed by atoms with E-state index < -0.39 is 0 Å². The third-order valence-electron chi connectivity index (χ3n) is 3.10. The van der Waals surface area contributed by atoms with Crippen molar-refractivity contribution >= 4 is 0 Å². The normalized spacial score (nSPS) is 12.4. The van der Waals surface area contributed by atoms with Gasteiger partial charge in [0.15, 0.2) is 0 Å². The first kappa shape index (κ1) is 13.6. The van der Waals surface area contributed by atoms with Crippen LogP contribution in [0, 0.1) is 6.92 Å². The van der Waals surface area contributed by atoms with Gasteiger partial charge in [-0.05, 0) is 19.4 Å². The number of ether oxygens (including phenoxy) is 1. The Kier molecular flexibility index (Phi) is 4.22. The second-order valence-corrected chi connectivity index (χ2v) is 4.71. The van der Waals surface area contributed by atoms with Gasteiger partial charge in [-0.1, -0.05) is 25.1 Å². The van der Waals surface area contributed by atoms with E-state index in [4.69, 9.17) is 10.5 Å². The van der Waals surface area contributed by atoms with Crippen LogP contribution in [0.5, 0.6) is 5.75 Å². The molecule has 0 aliphatic heterocycles. The summed E-state index contributed by atoms with van der Waals surface area (Å²) >= 11 is 0. The number of aromatic nitrogens is 2. The molecule has 1 aromatic carbocycles. The number of aryl methyl sites for hydroxylation is 2. The maximum atomic E-state index is 6.37. The molecule has 19 heavy (non-hydrogen) atoms. The fourth-order valence-corrected chi connectivity index (χ4v) is 2.17. The highest BCUT2D eigenvalue weighted by Crippen LogP contribution is 2.29. The standard InChI is InChI=1S/C15H21N3O/c1-4-9-19-14-8-6-5-7-12(14)15(16)13-10-18(3)17-11(13)2/h5-8,10,15H,4,9,16H2,1-3H3. The minimum absolute atomic E-state index is 0.207. The van der Waals surface area contributed by atoms with Gasteiger partial charge in [0.25, 0.3) is 0 Å². The van der Waals surface area contributed by atoms with Crippen LogP contribution in [-0.2, 0) is 7.05 Å². The zero-order chi connectivity index (χ0) is 13.8. The Bertz CT molecular complexity index is 548. The number of benzene rings is 1. The van der Waals surface area contributed by atoms with Crippen LogP contribution < -0.4 is 10.5 Å². The molecule has 2 aromatic rings. The molecule has 0 spiro atoms. The van der Waals surface area contributed by atoms with Gasteiger partial charge >= 0.3 is 0 Å². The average molecular weight is 259 g/mol. The first-order chi connectivity index (χ1) is 9.13. The van der Waals surface area contributed by atoms with Crippen molar-refractivity contribution in [3.05, 3.63) is 47.3 Å². The number of nitrogens with zero attached hydrogens (tertiary/aromatic N) is 2. The first-order valence-corrected chi connectivity index (χ1v) is 6.61. The van der Waals surface area contributed by atoms with Gasteiger partial charge < -0.3 is 10.5 Å². The van der Waals surface area contributed by atoms with Crippen LogP contribution in [0.25, 0.3) is 0 Å². The maximum Gasteiger partial charge on any atom is 0.124 e. The molecule has 1 heterocycles. The quantitative estimate of drug-likeness (QED) is 0.897. The summed E-state index contributed by atoms with van der Waals surface area (Å²) < 4.78 is 7.56. The molecular formula is C15H21N3O. The molecule has 102 valence electrons. The van der Waals surface area contributed by atoms with E-state index in [0.717, 1.165) is 29.0 Å². The summed E-state index contributed by atoms with van der Waals surface area (Å²) in [6.07, 6.45) is 2.95. The molecule has 0 fully saturated rings. The van der Waals surface area contributed by atoms with Gasteiger partial charge in [-0.25, -0.2) is 0 Å². The van der Waals surface area contributed by atoms with E-state index in [2.05, 4.69) is 12.0 Å². The Morgan fingerprint density at radius 3 is 2.68 bits per heavy atom. The molecule has 4 heteroatoms. The van der Waals surface area contributed by atoms with E-state index in [9.17, 15) is 0 Å². The molecule has 4 nitrogen and oxygen atoms in total. The summed E-state index contributed by atoms with van der Waals surface area (Å²) in [6, 6.07) is 7.73. The molecule has 2 rings (SSSR count). The third-order valence-corrected chi connectivity index (χ3v) is 3.10. The molecular weight excluding hydrogens is 238 g/mol. The maximum absolute atomic E-state index is 6.37. The fraction of sp³-hybridized carbons (Fsp3) is 0.400. The Labute approximate surface area is 114 Å². The van der Waals surface area contributed by atoms with Crippen molar-refractivity contribution in [1.82, 2.24) is 9.78 Å². The van der Waals surface area contributed by atoms with Crippen LogP contribution in [0.15, 0.2) is 30.5 Å². The second-order valence-electron chi connectivity index (χ2n) is 4.71. The van der Waals surface area contributed by atoms with Crippen molar-refractivity contribution in [2.75, 3.05) is 6.61 Å². The molecule has 0 aliphatic carbocycles. The lowest BCUT2D eigenvalue weighted by molar-refractivity contribution is 0.313. The number of para-hydroxylation sites is 1. The minimum atomic E-state index is -0.207. The lowest BCUT2D eigenvalue weighted by atomic mass is 9.99. The van der Waals surface area contributed by atoms with Crippen molar-refractivity contribution in [2.45, 2.75) is 26.3 Å². The van der Waals surface area contributed by atoms with Gasteiger partial charge in [0.05, 0.1) is 18.3 Å². The van der Waals surface area contributed by atoms with Crippen molar-refractivity contribution < 1.29 is 4.74 Å². The van der Waals surface area contributed by atoms with Crippen LogP contribution in [0.4, 0.5) is 0 Å². The average Bonchev–Trinajstić information content (AvgIpc) is 2.75. The lowest BCUT2D eigenvalue weighted by Gasteiger charge is -2.16. The lowest BCUT2D eigenvalue weighted by Crippen LogP contribution is -2.14. The van der Waals surface area contributed by atoms with Crippen molar-refractivity contribution in [3.63, 3.8) is 0 Å². The van der Waals surface area contributed by atoms with Gasteiger partial charge in [-0.3, -0.25) is 4.68 Å². The Morgan fingerprint density at radius 1 is 1.32 bits per heavy atom. The highest BCUT2D eigenvalue weighted by atomic mass is 16.5. The number of nitrogens with two attached hydrogens (primary N) is 1. The van der Waals surface area contributed by atoms with E-state index >= 15 is 0 Å². The molecule has 0 saturated heterocycles. The van der Waals surface area contributed by atoms with Crippen molar-refractivity contribution in [1.29, 1.82) is 0 Å². The van der Waals surface area contributed by atoms with Crippen molar-refractivity contribution in [3.8, 4) is 5.75 Å². The number of rotatable bonds is 5. The predicted octanol–water partition coefficient (Wildman–Crippen LogP) is 2.57. The van der Waals surface area contributed by atoms with Crippen LogP contribution in [0.2, 0.25) is 0 Å². The Morgan fingerprint density at radius 2 is 2.05 bits per heavy atom. The smallest absolute Gasteiger partial charge is 0.124 e. The summed E-state index contributed by atoms with van der Waals surface area (Å²) in [6.45, 7) is 4.77. The predicted molar refractivity (Wildman–Crippen MR) is 76.2 cm³/mol. The van der Waals surface area contributed by atoms with Gasteiger partial charge in [0.2, 0.25) is 0 Å². The fourth-order valence-electron chi connectivity index (χ4n) is 2.17. The molecule has 0 saturated carbocycles. The van der Waals surface area contributed by atoms with Crippen LogP contribution in [-0.4, -0.2) is 16.4 Å².